The van der Waals surface area contributed by atoms with Gasteiger partial charge in [0.25, 0.3) is 0 Å². The first-order valence-electron chi connectivity index (χ1n) is 7.86. The van der Waals surface area contributed by atoms with Crippen LogP contribution in [0.4, 0.5) is 8.78 Å². The van der Waals surface area contributed by atoms with E-state index in [4.69, 9.17) is 0 Å². The van der Waals surface area contributed by atoms with Crippen molar-refractivity contribution in [3.8, 4) is 20.9 Å². The first-order valence-corrected chi connectivity index (χ1v) is 9.62. The zero-order chi connectivity index (χ0) is 18.1. The minimum absolute atomic E-state index is 0.232. The smallest absolute Gasteiger partial charge is 0.195 e. The van der Waals surface area contributed by atoms with Crippen LogP contribution < -0.4 is 0 Å². The lowest BCUT2D eigenvalue weighted by atomic mass is 9.99. The summed E-state index contributed by atoms with van der Waals surface area (Å²) in [4.78, 5) is 14.3. The highest BCUT2D eigenvalue weighted by atomic mass is 32.1. The Kier molecular flexibility index (Phi) is 4.49. The first-order chi connectivity index (χ1) is 12.7. The number of thiophene rings is 2. The summed E-state index contributed by atoms with van der Waals surface area (Å²) in [5, 5.41) is 3.54. The van der Waals surface area contributed by atoms with E-state index in [9.17, 15) is 13.6 Å². The molecule has 0 radical (unpaired) electrons. The van der Waals surface area contributed by atoms with Crippen molar-refractivity contribution in [2.75, 3.05) is 0 Å². The third-order valence-corrected chi connectivity index (χ3v) is 5.95. The Hall–Kier alpha value is -2.63. The van der Waals surface area contributed by atoms with Crippen molar-refractivity contribution in [1.29, 1.82) is 0 Å². The molecule has 5 heteroatoms. The van der Waals surface area contributed by atoms with E-state index < -0.39 is 0 Å². The number of ketones is 1. The van der Waals surface area contributed by atoms with Gasteiger partial charge in [0.2, 0.25) is 0 Å². The third-order valence-electron chi connectivity index (χ3n) is 4.06. The van der Waals surface area contributed by atoms with Crippen molar-refractivity contribution in [1.82, 2.24) is 0 Å². The summed E-state index contributed by atoms with van der Waals surface area (Å²) in [6, 6.07) is 16.1. The van der Waals surface area contributed by atoms with Crippen molar-refractivity contribution < 1.29 is 13.6 Å². The van der Waals surface area contributed by atoms with Gasteiger partial charge in [0.15, 0.2) is 5.78 Å². The van der Waals surface area contributed by atoms with E-state index in [0.29, 0.717) is 32.0 Å². The van der Waals surface area contributed by atoms with Crippen molar-refractivity contribution in [3.63, 3.8) is 0 Å². The maximum atomic E-state index is 14.2. The van der Waals surface area contributed by atoms with Crippen LogP contribution >= 0.6 is 22.7 Å². The van der Waals surface area contributed by atoms with Gasteiger partial charge < -0.3 is 0 Å². The monoisotopic (exact) mass is 382 g/mol. The number of rotatable bonds is 4. The van der Waals surface area contributed by atoms with Gasteiger partial charge in [-0.2, -0.15) is 0 Å². The van der Waals surface area contributed by atoms with Gasteiger partial charge >= 0.3 is 0 Å². The molecule has 2 aromatic heterocycles. The Labute approximate surface area is 157 Å². The first kappa shape index (κ1) is 16.8. The van der Waals surface area contributed by atoms with Crippen LogP contribution in [-0.4, -0.2) is 5.78 Å². The topological polar surface area (TPSA) is 17.1 Å². The fourth-order valence-electron chi connectivity index (χ4n) is 2.83. The van der Waals surface area contributed by atoms with E-state index >= 15 is 0 Å². The molecule has 0 aliphatic heterocycles. The summed E-state index contributed by atoms with van der Waals surface area (Å²) in [6.45, 7) is 0. The number of hydrogen-bond donors (Lipinski definition) is 0. The fourth-order valence-corrected chi connectivity index (χ4v) is 4.67. The van der Waals surface area contributed by atoms with Crippen molar-refractivity contribution in [3.05, 3.63) is 94.2 Å². The molecule has 128 valence electrons. The van der Waals surface area contributed by atoms with Crippen LogP contribution in [0.1, 0.15) is 15.9 Å². The minimum Gasteiger partial charge on any atom is -0.289 e. The molecule has 0 atom stereocenters. The van der Waals surface area contributed by atoms with Gasteiger partial charge in [-0.3, -0.25) is 4.79 Å². The van der Waals surface area contributed by atoms with Gasteiger partial charge in [0.1, 0.15) is 11.6 Å². The summed E-state index contributed by atoms with van der Waals surface area (Å²) in [5.41, 5.74) is 1.65. The van der Waals surface area contributed by atoms with E-state index in [1.165, 1.54) is 34.8 Å². The lowest BCUT2D eigenvalue weighted by molar-refractivity contribution is 0.104. The van der Waals surface area contributed by atoms with E-state index in [1.54, 1.807) is 59.3 Å². The number of benzene rings is 2. The SMILES string of the molecule is O=C(c1ccsc1-c1ccccc1F)c1ccsc1-c1ccccc1F. The summed E-state index contributed by atoms with van der Waals surface area (Å²) < 4.78 is 28.4. The van der Waals surface area contributed by atoms with Crippen LogP contribution in [0, 0.1) is 11.6 Å². The number of hydrogen-bond acceptors (Lipinski definition) is 3. The predicted molar refractivity (Wildman–Crippen MR) is 103 cm³/mol. The Morgan fingerprint density at radius 3 is 1.50 bits per heavy atom. The molecule has 0 amide bonds. The molecule has 0 bridgehead atoms. The molecule has 0 aliphatic rings. The van der Waals surface area contributed by atoms with Crippen LogP contribution in [0.15, 0.2) is 71.4 Å². The largest absolute Gasteiger partial charge is 0.289 e. The molecule has 4 rings (SSSR count). The maximum Gasteiger partial charge on any atom is 0.195 e. The number of carbonyl (C=O) groups excluding carboxylic acids is 1. The number of halogens is 2. The molecule has 0 unspecified atom stereocenters. The lowest BCUT2D eigenvalue weighted by Gasteiger charge is -2.07. The van der Waals surface area contributed by atoms with Gasteiger partial charge in [-0.15, -0.1) is 22.7 Å². The molecule has 26 heavy (non-hydrogen) atoms. The average Bonchev–Trinajstić information content (AvgIpc) is 3.31. The van der Waals surface area contributed by atoms with E-state index in [2.05, 4.69) is 0 Å². The molecular formula is C21H12F2OS2. The molecule has 4 aromatic rings. The fraction of sp³-hybridized carbons (Fsp3) is 0. The summed E-state index contributed by atoms with van der Waals surface area (Å²) in [6.07, 6.45) is 0. The second-order valence-electron chi connectivity index (χ2n) is 5.62. The molecule has 0 saturated heterocycles. The molecule has 0 aliphatic carbocycles. The molecule has 1 nitrogen and oxygen atoms in total. The Balaban J connectivity index is 1.81. The molecule has 0 N–H and O–H groups in total. The molecular weight excluding hydrogens is 370 g/mol. The average molecular weight is 382 g/mol. The zero-order valence-electron chi connectivity index (χ0n) is 13.4. The molecule has 0 fully saturated rings. The van der Waals surface area contributed by atoms with Crippen LogP contribution in [-0.2, 0) is 0 Å². The second kappa shape index (κ2) is 6.94. The third kappa shape index (κ3) is 2.89. The Bertz CT molecular complexity index is 1010. The second-order valence-corrected chi connectivity index (χ2v) is 7.45. The van der Waals surface area contributed by atoms with Gasteiger partial charge in [-0.05, 0) is 35.0 Å². The van der Waals surface area contributed by atoms with Gasteiger partial charge in [-0.25, -0.2) is 8.78 Å². The van der Waals surface area contributed by atoms with Crippen molar-refractivity contribution in [2.24, 2.45) is 0 Å². The Morgan fingerprint density at radius 1 is 0.654 bits per heavy atom. The quantitative estimate of drug-likeness (QED) is 0.361. The van der Waals surface area contributed by atoms with Gasteiger partial charge in [0, 0.05) is 32.0 Å². The Morgan fingerprint density at radius 2 is 1.08 bits per heavy atom. The van der Waals surface area contributed by atoms with Crippen molar-refractivity contribution in [2.45, 2.75) is 0 Å². The lowest BCUT2D eigenvalue weighted by Crippen LogP contribution is -2.02. The van der Waals surface area contributed by atoms with Gasteiger partial charge in [0.05, 0.1) is 0 Å². The molecule has 2 aromatic carbocycles. The molecule has 0 saturated carbocycles. The van der Waals surface area contributed by atoms with E-state index in [1.807, 2.05) is 0 Å². The summed E-state index contributed by atoms with van der Waals surface area (Å²) in [7, 11) is 0. The van der Waals surface area contributed by atoms with Crippen molar-refractivity contribution >= 4 is 28.5 Å². The highest BCUT2D eigenvalue weighted by Crippen LogP contribution is 2.37. The molecule has 2 heterocycles. The van der Waals surface area contributed by atoms with E-state index in [-0.39, 0.29) is 17.4 Å². The highest BCUT2D eigenvalue weighted by molar-refractivity contribution is 7.14. The van der Waals surface area contributed by atoms with Gasteiger partial charge in [-0.1, -0.05) is 36.4 Å². The summed E-state index contributed by atoms with van der Waals surface area (Å²) in [5.74, 6) is -0.976. The zero-order valence-corrected chi connectivity index (χ0v) is 15.0. The van der Waals surface area contributed by atoms with Crippen LogP contribution in [0.2, 0.25) is 0 Å². The minimum atomic E-state index is -0.372. The number of carbonyl (C=O) groups is 1. The predicted octanol–water partition coefficient (Wildman–Crippen LogP) is 6.65. The molecule has 0 spiro atoms. The normalized spacial score (nSPS) is 10.8. The summed E-state index contributed by atoms with van der Waals surface area (Å²) >= 11 is 2.63. The maximum absolute atomic E-state index is 14.2. The van der Waals surface area contributed by atoms with Crippen LogP contribution in [0.25, 0.3) is 20.9 Å². The highest BCUT2D eigenvalue weighted by Gasteiger charge is 2.22. The van der Waals surface area contributed by atoms with E-state index in [0.717, 1.165) is 0 Å². The standard InChI is InChI=1S/C21H12F2OS2/c22-17-7-3-1-5-13(17)20-15(9-11-25-20)19(24)16-10-12-26-21(16)14-6-2-4-8-18(14)23/h1-12H. The van der Waals surface area contributed by atoms with Crippen LogP contribution in [0.5, 0.6) is 0 Å². The van der Waals surface area contributed by atoms with Crippen LogP contribution in [0.3, 0.4) is 0 Å².